The van der Waals surface area contributed by atoms with E-state index in [2.05, 4.69) is 34.5 Å². The van der Waals surface area contributed by atoms with Gasteiger partial charge in [0.05, 0.1) is 6.61 Å². The molecular weight excluding hydrogens is 240 g/mol. The van der Waals surface area contributed by atoms with E-state index in [1.165, 1.54) is 11.3 Å². The van der Waals surface area contributed by atoms with E-state index in [4.69, 9.17) is 4.74 Å². The third-order valence-corrected chi connectivity index (χ3v) is 3.43. The van der Waals surface area contributed by atoms with E-state index in [9.17, 15) is 4.79 Å². The Kier molecular flexibility index (Phi) is 4.80. The number of esters is 1. The fourth-order valence-electron chi connectivity index (χ4n) is 2.22. The van der Waals surface area contributed by atoms with Crippen LogP contribution in [0.25, 0.3) is 0 Å². The highest BCUT2D eigenvalue weighted by Gasteiger charge is 2.22. The Balaban J connectivity index is 1.74. The minimum absolute atomic E-state index is 0.0869. The molecule has 1 aliphatic heterocycles. The SMILES string of the molecule is CN(C)c1ccc(CCOC(=O)C2CCCN2)cc1. The largest absolute Gasteiger partial charge is 0.464 e. The van der Waals surface area contributed by atoms with Crippen molar-refractivity contribution in [3.8, 4) is 0 Å². The van der Waals surface area contributed by atoms with Gasteiger partial charge in [-0.25, -0.2) is 0 Å². The average molecular weight is 262 g/mol. The Labute approximate surface area is 114 Å². The second-order valence-electron chi connectivity index (χ2n) is 5.13. The van der Waals surface area contributed by atoms with Gasteiger partial charge in [-0.1, -0.05) is 12.1 Å². The Morgan fingerprint density at radius 1 is 1.37 bits per heavy atom. The van der Waals surface area contributed by atoms with Crippen molar-refractivity contribution in [2.75, 3.05) is 32.1 Å². The molecule has 1 N–H and O–H groups in total. The van der Waals surface area contributed by atoms with Crippen LogP contribution in [0.15, 0.2) is 24.3 Å². The molecule has 0 saturated carbocycles. The summed E-state index contributed by atoms with van der Waals surface area (Å²) >= 11 is 0. The van der Waals surface area contributed by atoms with Gasteiger partial charge in [-0.05, 0) is 37.1 Å². The molecule has 1 aliphatic rings. The molecule has 0 spiro atoms. The first-order chi connectivity index (χ1) is 9.16. The molecule has 0 aromatic heterocycles. The smallest absolute Gasteiger partial charge is 0.323 e. The van der Waals surface area contributed by atoms with E-state index in [0.29, 0.717) is 6.61 Å². The van der Waals surface area contributed by atoms with Gasteiger partial charge >= 0.3 is 5.97 Å². The van der Waals surface area contributed by atoms with Gasteiger partial charge in [0.25, 0.3) is 0 Å². The lowest BCUT2D eigenvalue weighted by molar-refractivity contribution is -0.145. The molecular formula is C15H22N2O2. The number of rotatable bonds is 5. The van der Waals surface area contributed by atoms with Crippen LogP contribution in [-0.4, -0.2) is 39.3 Å². The molecule has 104 valence electrons. The maximum absolute atomic E-state index is 11.7. The minimum Gasteiger partial charge on any atom is -0.464 e. The minimum atomic E-state index is -0.109. The Bertz CT molecular complexity index is 409. The standard InChI is InChI=1S/C15H22N2O2/c1-17(2)13-7-5-12(6-8-13)9-11-19-15(18)14-4-3-10-16-14/h5-8,14,16H,3-4,9-11H2,1-2H3. The fraction of sp³-hybridized carbons (Fsp3) is 0.533. The van der Waals surface area contributed by atoms with Crippen molar-refractivity contribution < 1.29 is 9.53 Å². The third-order valence-electron chi connectivity index (χ3n) is 3.43. The Morgan fingerprint density at radius 3 is 2.68 bits per heavy atom. The second kappa shape index (κ2) is 6.57. The molecule has 0 aliphatic carbocycles. The molecule has 2 rings (SSSR count). The monoisotopic (exact) mass is 262 g/mol. The normalized spacial score (nSPS) is 18.3. The highest BCUT2D eigenvalue weighted by atomic mass is 16.5. The molecule has 1 heterocycles. The maximum Gasteiger partial charge on any atom is 0.323 e. The molecule has 0 amide bonds. The van der Waals surface area contributed by atoms with Crippen LogP contribution < -0.4 is 10.2 Å². The van der Waals surface area contributed by atoms with Crippen LogP contribution in [0.4, 0.5) is 5.69 Å². The zero-order valence-electron chi connectivity index (χ0n) is 11.7. The molecule has 1 aromatic carbocycles. The van der Waals surface area contributed by atoms with Gasteiger partial charge < -0.3 is 15.0 Å². The number of nitrogens with zero attached hydrogens (tertiary/aromatic N) is 1. The predicted octanol–water partition coefficient (Wildman–Crippen LogP) is 1.59. The molecule has 19 heavy (non-hydrogen) atoms. The van der Waals surface area contributed by atoms with Crippen molar-refractivity contribution >= 4 is 11.7 Å². The zero-order chi connectivity index (χ0) is 13.7. The number of hydrogen-bond donors (Lipinski definition) is 1. The summed E-state index contributed by atoms with van der Waals surface area (Å²) in [5.74, 6) is -0.109. The number of carbonyl (C=O) groups is 1. The predicted molar refractivity (Wildman–Crippen MR) is 76.5 cm³/mol. The zero-order valence-corrected chi connectivity index (χ0v) is 11.7. The van der Waals surface area contributed by atoms with Crippen LogP contribution in [0.2, 0.25) is 0 Å². The maximum atomic E-state index is 11.7. The average Bonchev–Trinajstić information content (AvgIpc) is 2.93. The summed E-state index contributed by atoms with van der Waals surface area (Å²) in [5.41, 5.74) is 2.37. The lowest BCUT2D eigenvalue weighted by Gasteiger charge is -2.13. The highest BCUT2D eigenvalue weighted by molar-refractivity contribution is 5.76. The lowest BCUT2D eigenvalue weighted by Crippen LogP contribution is -2.32. The summed E-state index contributed by atoms with van der Waals surface area (Å²) < 4.78 is 5.30. The molecule has 1 aromatic rings. The van der Waals surface area contributed by atoms with Crippen molar-refractivity contribution in [3.63, 3.8) is 0 Å². The van der Waals surface area contributed by atoms with Crippen molar-refractivity contribution in [1.82, 2.24) is 5.32 Å². The number of anilines is 1. The van der Waals surface area contributed by atoms with Gasteiger partial charge in [0, 0.05) is 26.2 Å². The van der Waals surface area contributed by atoms with Gasteiger partial charge in [0.15, 0.2) is 0 Å². The summed E-state index contributed by atoms with van der Waals surface area (Å²) in [6.07, 6.45) is 2.73. The number of carbonyl (C=O) groups excluding carboxylic acids is 1. The molecule has 1 saturated heterocycles. The summed E-state index contributed by atoms with van der Waals surface area (Å²) in [6.45, 7) is 1.38. The van der Waals surface area contributed by atoms with E-state index in [-0.39, 0.29) is 12.0 Å². The second-order valence-corrected chi connectivity index (χ2v) is 5.13. The van der Waals surface area contributed by atoms with E-state index in [1.54, 1.807) is 0 Å². The van der Waals surface area contributed by atoms with E-state index in [1.807, 2.05) is 14.1 Å². The van der Waals surface area contributed by atoms with Gasteiger partial charge in [0.2, 0.25) is 0 Å². The van der Waals surface area contributed by atoms with Crippen molar-refractivity contribution in [1.29, 1.82) is 0 Å². The third kappa shape index (κ3) is 3.96. The van der Waals surface area contributed by atoms with Crippen LogP contribution in [0.5, 0.6) is 0 Å². The van der Waals surface area contributed by atoms with Gasteiger partial charge in [-0.2, -0.15) is 0 Å². The summed E-state index contributed by atoms with van der Waals surface area (Å²) in [6, 6.07) is 8.23. The van der Waals surface area contributed by atoms with Crippen LogP contribution >= 0.6 is 0 Å². The fourth-order valence-corrected chi connectivity index (χ4v) is 2.22. The Hall–Kier alpha value is -1.55. The summed E-state index contributed by atoms with van der Waals surface area (Å²) in [7, 11) is 4.04. The lowest BCUT2D eigenvalue weighted by atomic mass is 10.1. The van der Waals surface area contributed by atoms with Crippen LogP contribution in [0.1, 0.15) is 18.4 Å². The summed E-state index contributed by atoms with van der Waals surface area (Å²) in [4.78, 5) is 13.8. The van der Waals surface area contributed by atoms with Crippen LogP contribution in [-0.2, 0) is 16.0 Å². The molecule has 1 unspecified atom stereocenters. The molecule has 1 atom stereocenters. The number of nitrogens with one attached hydrogen (secondary N) is 1. The van der Waals surface area contributed by atoms with Crippen LogP contribution in [0, 0.1) is 0 Å². The molecule has 0 bridgehead atoms. The first-order valence-corrected chi connectivity index (χ1v) is 6.83. The Morgan fingerprint density at radius 2 is 2.11 bits per heavy atom. The first kappa shape index (κ1) is 13.9. The molecule has 0 radical (unpaired) electrons. The summed E-state index contributed by atoms with van der Waals surface area (Å²) in [5, 5.41) is 3.14. The number of ether oxygens (including phenoxy) is 1. The van der Waals surface area contributed by atoms with E-state index < -0.39 is 0 Å². The van der Waals surface area contributed by atoms with Crippen molar-refractivity contribution in [2.24, 2.45) is 0 Å². The highest BCUT2D eigenvalue weighted by Crippen LogP contribution is 2.13. The van der Waals surface area contributed by atoms with E-state index >= 15 is 0 Å². The van der Waals surface area contributed by atoms with Crippen molar-refractivity contribution in [2.45, 2.75) is 25.3 Å². The van der Waals surface area contributed by atoms with Gasteiger partial charge in [-0.3, -0.25) is 4.79 Å². The molecule has 4 heteroatoms. The number of benzene rings is 1. The molecule has 1 fully saturated rings. The first-order valence-electron chi connectivity index (χ1n) is 6.83. The molecule has 4 nitrogen and oxygen atoms in total. The van der Waals surface area contributed by atoms with Crippen LogP contribution in [0.3, 0.4) is 0 Å². The quantitative estimate of drug-likeness (QED) is 0.818. The topological polar surface area (TPSA) is 41.6 Å². The van der Waals surface area contributed by atoms with Gasteiger partial charge in [-0.15, -0.1) is 0 Å². The van der Waals surface area contributed by atoms with Gasteiger partial charge in [0.1, 0.15) is 6.04 Å². The number of hydrogen-bond acceptors (Lipinski definition) is 4. The van der Waals surface area contributed by atoms with Crippen molar-refractivity contribution in [3.05, 3.63) is 29.8 Å². The van der Waals surface area contributed by atoms with E-state index in [0.717, 1.165) is 25.8 Å².